The van der Waals surface area contributed by atoms with Gasteiger partial charge in [-0.1, -0.05) is 6.07 Å². The fourth-order valence-electron chi connectivity index (χ4n) is 2.79. The van der Waals surface area contributed by atoms with Gasteiger partial charge in [-0.3, -0.25) is 4.99 Å². The van der Waals surface area contributed by atoms with Crippen LogP contribution in [0.25, 0.3) is 0 Å². The van der Waals surface area contributed by atoms with E-state index in [1.165, 1.54) is 12.1 Å². The fraction of sp³-hybridized carbons (Fsp3) is 0.632. The van der Waals surface area contributed by atoms with Gasteiger partial charge < -0.3 is 20.1 Å². The molecule has 1 aliphatic heterocycles. The number of hydrogen-bond donors (Lipinski definition) is 2. The van der Waals surface area contributed by atoms with E-state index >= 15 is 0 Å². The second-order valence-corrected chi connectivity index (χ2v) is 7.74. The van der Waals surface area contributed by atoms with Crippen molar-refractivity contribution in [2.24, 2.45) is 4.99 Å². The highest BCUT2D eigenvalue weighted by atomic mass is 127. The van der Waals surface area contributed by atoms with E-state index in [9.17, 15) is 4.39 Å². The molecular formula is C19H31FIN3O2S. The molecule has 1 atom stereocenters. The summed E-state index contributed by atoms with van der Waals surface area (Å²) in [6.07, 6.45) is 4.08. The van der Waals surface area contributed by atoms with Crippen molar-refractivity contribution >= 4 is 41.7 Å². The largest absolute Gasteiger partial charge is 0.489 e. The van der Waals surface area contributed by atoms with E-state index in [-0.39, 0.29) is 40.6 Å². The lowest BCUT2D eigenvalue weighted by atomic mass is 9.99. The molecule has 1 aromatic rings. The van der Waals surface area contributed by atoms with Gasteiger partial charge in [0.15, 0.2) is 5.96 Å². The Morgan fingerprint density at radius 2 is 2.11 bits per heavy atom. The highest BCUT2D eigenvalue weighted by Crippen LogP contribution is 2.33. The molecule has 0 amide bonds. The van der Waals surface area contributed by atoms with Crippen molar-refractivity contribution in [3.8, 4) is 5.75 Å². The van der Waals surface area contributed by atoms with E-state index in [0.29, 0.717) is 12.3 Å². The summed E-state index contributed by atoms with van der Waals surface area (Å²) < 4.78 is 24.6. The van der Waals surface area contributed by atoms with Gasteiger partial charge in [-0.05, 0) is 45.1 Å². The van der Waals surface area contributed by atoms with Crippen LogP contribution in [0, 0.1) is 5.82 Å². The summed E-state index contributed by atoms with van der Waals surface area (Å²) >= 11 is 1.88. The van der Waals surface area contributed by atoms with Gasteiger partial charge in [-0.25, -0.2) is 4.39 Å². The Morgan fingerprint density at radius 1 is 1.37 bits per heavy atom. The monoisotopic (exact) mass is 511 g/mol. The summed E-state index contributed by atoms with van der Waals surface area (Å²) in [6, 6.07) is 6.20. The lowest BCUT2D eigenvalue weighted by molar-refractivity contribution is 0.0794. The molecule has 27 heavy (non-hydrogen) atoms. The number of aliphatic imine (C=N–C) groups is 1. The number of halogens is 2. The molecule has 1 unspecified atom stereocenters. The minimum absolute atomic E-state index is 0. The third-order valence-electron chi connectivity index (χ3n) is 4.40. The maximum absolute atomic E-state index is 13.2. The van der Waals surface area contributed by atoms with Crippen molar-refractivity contribution in [3.05, 3.63) is 30.1 Å². The molecule has 5 nitrogen and oxygen atoms in total. The fourth-order valence-corrected chi connectivity index (χ4v) is 3.56. The van der Waals surface area contributed by atoms with Gasteiger partial charge in [-0.15, -0.1) is 24.0 Å². The van der Waals surface area contributed by atoms with Crippen LogP contribution in [0.2, 0.25) is 0 Å². The standard InChI is InChI=1S/C19H30FN3O2S.HI/c1-4-21-18(23-14-19(26-3)8-10-24-11-9-19)22-13-15(2)25-17-7-5-6-16(20)12-17;/h5-7,12,15H,4,8-11,13-14H2,1-3H3,(H2,21,22,23);1H. The SMILES string of the molecule is CCNC(=NCC1(SC)CCOCC1)NCC(C)Oc1cccc(F)c1.I. The lowest BCUT2D eigenvalue weighted by Crippen LogP contribution is -2.43. The van der Waals surface area contributed by atoms with Gasteiger partial charge in [0.2, 0.25) is 0 Å². The number of benzene rings is 1. The predicted octanol–water partition coefficient (Wildman–Crippen LogP) is 3.68. The number of thioether (sulfide) groups is 1. The van der Waals surface area contributed by atoms with Crippen LogP contribution in [-0.2, 0) is 4.74 Å². The van der Waals surface area contributed by atoms with Gasteiger partial charge in [0.25, 0.3) is 0 Å². The first-order valence-corrected chi connectivity index (χ1v) is 10.4. The molecule has 8 heteroatoms. The first kappa shape index (κ1) is 24.3. The number of ether oxygens (including phenoxy) is 2. The highest BCUT2D eigenvalue weighted by Gasteiger charge is 2.31. The Labute approximate surface area is 183 Å². The predicted molar refractivity (Wildman–Crippen MR) is 122 cm³/mol. The zero-order valence-electron chi connectivity index (χ0n) is 16.3. The molecule has 1 aromatic carbocycles. The first-order chi connectivity index (χ1) is 12.6. The molecule has 1 fully saturated rings. The molecule has 0 radical (unpaired) electrons. The molecule has 1 saturated heterocycles. The average Bonchev–Trinajstić information content (AvgIpc) is 2.65. The van der Waals surface area contributed by atoms with Crippen molar-refractivity contribution in [3.63, 3.8) is 0 Å². The maximum atomic E-state index is 13.2. The Kier molecular flexibility index (Phi) is 11.4. The van der Waals surface area contributed by atoms with Crippen molar-refractivity contribution in [1.82, 2.24) is 10.6 Å². The van der Waals surface area contributed by atoms with Crippen LogP contribution in [0.15, 0.2) is 29.3 Å². The second kappa shape index (κ2) is 12.7. The zero-order chi connectivity index (χ0) is 18.8. The van der Waals surface area contributed by atoms with Crippen LogP contribution in [0.5, 0.6) is 5.75 Å². The topological polar surface area (TPSA) is 54.9 Å². The summed E-state index contributed by atoms with van der Waals surface area (Å²) in [6.45, 7) is 7.73. The molecule has 0 aromatic heterocycles. The van der Waals surface area contributed by atoms with E-state index in [1.54, 1.807) is 12.1 Å². The van der Waals surface area contributed by atoms with Crippen molar-refractivity contribution in [2.75, 3.05) is 39.1 Å². The lowest BCUT2D eigenvalue weighted by Gasteiger charge is -2.34. The van der Waals surface area contributed by atoms with Gasteiger partial charge in [0.1, 0.15) is 17.7 Å². The summed E-state index contributed by atoms with van der Waals surface area (Å²) in [5, 5.41) is 6.59. The third kappa shape index (κ3) is 8.43. The zero-order valence-corrected chi connectivity index (χ0v) is 19.4. The van der Waals surface area contributed by atoms with Crippen LogP contribution in [0.3, 0.4) is 0 Å². The summed E-state index contributed by atoms with van der Waals surface area (Å²) in [5.41, 5.74) is 0. The molecule has 2 rings (SSSR count). The van der Waals surface area contributed by atoms with Crippen LogP contribution < -0.4 is 15.4 Å². The third-order valence-corrected chi connectivity index (χ3v) is 5.80. The molecule has 154 valence electrons. The Bertz CT molecular complexity index is 586. The number of nitrogens with one attached hydrogen (secondary N) is 2. The van der Waals surface area contributed by atoms with Crippen molar-refractivity contribution < 1.29 is 13.9 Å². The molecule has 0 bridgehead atoms. The molecule has 2 N–H and O–H groups in total. The highest BCUT2D eigenvalue weighted by molar-refractivity contribution is 14.0. The molecular weight excluding hydrogens is 480 g/mol. The Morgan fingerprint density at radius 3 is 2.74 bits per heavy atom. The van der Waals surface area contributed by atoms with Crippen LogP contribution >= 0.6 is 35.7 Å². The van der Waals surface area contributed by atoms with Crippen LogP contribution in [0.1, 0.15) is 26.7 Å². The summed E-state index contributed by atoms with van der Waals surface area (Å²) in [5.74, 6) is 1.02. The number of nitrogens with zero attached hydrogens (tertiary/aromatic N) is 1. The van der Waals surface area contributed by atoms with Crippen LogP contribution in [-0.4, -0.2) is 55.9 Å². The van der Waals surface area contributed by atoms with Gasteiger partial charge >= 0.3 is 0 Å². The Hall–Kier alpha value is -0.740. The van der Waals surface area contributed by atoms with E-state index < -0.39 is 0 Å². The number of hydrogen-bond acceptors (Lipinski definition) is 4. The number of rotatable bonds is 8. The molecule has 0 spiro atoms. The number of guanidine groups is 1. The smallest absolute Gasteiger partial charge is 0.191 e. The minimum Gasteiger partial charge on any atom is -0.489 e. The van der Waals surface area contributed by atoms with Gasteiger partial charge in [-0.2, -0.15) is 11.8 Å². The Balaban J connectivity index is 0.00000364. The normalized spacial score (nSPS) is 17.6. The van der Waals surface area contributed by atoms with E-state index in [2.05, 4.69) is 16.9 Å². The van der Waals surface area contributed by atoms with E-state index in [4.69, 9.17) is 14.5 Å². The molecule has 1 aliphatic rings. The van der Waals surface area contributed by atoms with Crippen molar-refractivity contribution in [1.29, 1.82) is 0 Å². The van der Waals surface area contributed by atoms with E-state index in [0.717, 1.165) is 45.1 Å². The first-order valence-electron chi connectivity index (χ1n) is 9.14. The average molecular weight is 511 g/mol. The quantitative estimate of drug-likeness (QED) is 0.317. The maximum Gasteiger partial charge on any atom is 0.191 e. The van der Waals surface area contributed by atoms with Gasteiger partial charge in [0, 0.05) is 30.6 Å². The molecule has 0 saturated carbocycles. The van der Waals surface area contributed by atoms with Crippen LogP contribution in [0.4, 0.5) is 4.39 Å². The summed E-state index contributed by atoms with van der Waals surface area (Å²) in [4.78, 5) is 4.78. The summed E-state index contributed by atoms with van der Waals surface area (Å²) in [7, 11) is 0. The minimum atomic E-state index is -0.295. The van der Waals surface area contributed by atoms with Crippen molar-refractivity contribution in [2.45, 2.75) is 37.5 Å². The molecule has 1 heterocycles. The second-order valence-electron chi connectivity index (χ2n) is 6.46. The molecule has 0 aliphatic carbocycles. The van der Waals surface area contributed by atoms with E-state index in [1.807, 2.05) is 25.6 Å². The van der Waals surface area contributed by atoms with Gasteiger partial charge in [0.05, 0.1) is 13.1 Å².